The SMILES string of the molecule is COC1CC(n2c(CCCl)nc3cccc(C)c32)C1. The maximum absolute atomic E-state index is 5.92. The molecule has 3 rings (SSSR count). The normalized spacial score (nSPS) is 22.7. The predicted octanol–water partition coefficient (Wildman–Crippen LogP) is 3.48. The third-order valence-electron chi connectivity index (χ3n) is 4.07. The van der Waals surface area contributed by atoms with Crippen LogP contribution in [0.1, 0.15) is 30.3 Å². The molecule has 3 nitrogen and oxygen atoms in total. The molecule has 0 N–H and O–H groups in total. The lowest BCUT2D eigenvalue weighted by atomic mass is 9.88. The molecule has 0 atom stereocenters. The second-order valence-corrected chi connectivity index (χ2v) is 5.64. The van der Waals surface area contributed by atoms with Crippen LogP contribution in [-0.2, 0) is 11.2 Å². The van der Waals surface area contributed by atoms with Gasteiger partial charge in [-0.3, -0.25) is 0 Å². The van der Waals surface area contributed by atoms with E-state index in [0.29, 0.717) is 18.0 Å². The van der Waals surface area contributed by atoms with Gasteiger partial charge in [-0.15, -0.1) is 11.6 Å². The van der Waals surface area contributed by atoms with Crippen molar-refractivity contribution in [3.8, 4) is 0 Å². The molecule has 0 spiro atoms. The van der Waals surface area contributed by atoms with Crippen molar-refractivity contribution in [1.29, 1.82) is 0 Å². The number of imidazole rings is 1. The molecule has 0 unspecified atom stereocenters. The second-order valence-electron chi connectivity index (χ2n) is 5.26. The van der Waals surface area contributed by atoms with Crippen molar-refractivity contribution in [3.05, 3.63) is 29.6 Å². The van der Waals surface area contributed by atoms with E-state index in [9.17, 15) is 0 Å². The molecule has 4 heteroatoms. The second kappa shape index (κ2) is 5.14. The molecular weight excluding hydrogens is 260 g/mol. The minimum atomic E-state index is 0.398. The highest BCUT2D eigenvalue weighted by Crippen LogP contribution is 2.38. The molecule has 0 saturated heterocycles. The summed E-state index contributed by atoms with van der Waals surface area (Å²) in [4.78, 5) is 4.75. The number of fused-ring (bicyclic) bond motifs is 1. The first-order chi connectivity index (χ1) is 9.24. The highest BCUT2D eigenvalue weighted by atomic mass is 35.5. The minimum absolute atomic E-state index is 0.398. The molecule has 2 aromatic rings. The van der Waals surface area contributed by atoms with Gasteiger partial charge in [-0.05, 0) is 31.4 Å². The van der Waals surface area contributed by atoms with Crippen LogP contribution in [0.25, 0.3) is 11.0 Å². The molecule has 1 heterocycles. The maximum Gasteiger partial charge on any atom is 0.111 e. The summed E-state index contributed by atoms with van der Waals surface area (Å²) in [7, 11) is 1.79. The zero-order valence-electron chi connectivity index (χ0n) is 11.4. The van der Waals surface area contributed by atoms with Crippen LogP contribution in [0, 0.1) is 6.92 Å². The van der Waals surface area contributed by atoms with Crippen LogP contribution < -0.4 is 0 Å². The first-order valence-corrected chi connectivity index (χ1v) is 7.33. The van der Waals surface area contributed by atoms with Gasteiger partial charge in [0, 0.05) is 25.5 Å². The fourth-order valence-corrected chi connectivity index (χ4v) is 3.13. The van der Waals surface area contributed by atoms with Crippen molar-refractivity contribution in [2.75, 3.05) is 13.0 Å². The smallest absolute Gasteiger partial charge is 0.111 e. The lowest BCUT2D eigenvalue weighted by molar-refractivity contribution is 0.00661. The Hall–Kier alpha value is -1.06. The number of rotatable bonds is 4. The van der Waals surface area contributed by atoms with Crippen LogP contribution >= 0.6 is 11.6 Å². The predicted molar refractivity (Wildman–Crippen MR) is 78.0 cm³/mol. The van der Waals surface area contributed by atoms with E-state index in [0.717, 1.165) is 30.6 Å². The zero-order valence-corrected chi connectivity index (χ0v) is 12.2. The van der Waals surface area contributed by atoms with Crippen molar-refractivity contribution in [1.82, 2.24) is 9.55 Å². The summed E-state index contributed by atoms with van der Waals surface area (Å²) >= 11 is 5.92. The van der Waals surface area contributed by atoms with Crippen LogP contribution in [-0.4, -0.2) is 28.6 Å². The average molecular weight is 279 g/mol. The van der Waals surface area contributed by atoms with Crippen LogP contribution in [0.4, 0.5) is 0 Å². The molecule has 1 saturated carbocycles. The first kappa shape index (κ1) is 12.9. The Labute approximate surface area is 118 Å². The standard InChI is InChI=1S/C15H19ClN2O/c1-10-4-3-5-13-15(10)18(14(17-13)6-7-16)11-8-12(9-11)19-2/h3-5,11-12H,6-9H2,1-2H3. The Bertz CT molecular complexity index is 587. The number of aryl methyl sites for hydroxylation is 2. The van der Waals surface area contributed by atoms with Crippen LogP contribution in [0.2, 0.25) is 0 Å². The van der Waals surface area contributed by atoms with Crippen molar-refractivity contribution in [3.63, 3.8) is 0 Å². The molecule has 1 aromatic carbocycles. The van der Waals surface area contributed by atoms with Crippen LogP contribution in [0.3, 0.4) is 0 Å². The Morgan fingerprint density at radius 3 is 2.89 bits per heavy atom. The van der Waals surface area contributed by atoms with E-state index in [1.807, 2.05) is 0 Å². The highest BCUT2D eigenvalue weighted by molar-refractivity contribution is 6.17. The van der Waals surface area contributed by atoms with Crippen LogP contribution in [0.15, 0.2) is 18.2 Å². The van der Waals surface area contributed by atoms with E-state index in [1.165, 1.54) is 11.1 Å². The topological polar surface area (TPSA) is 27.1 Å². The molecule has 0 radical (unpaired) electrons. The summed E-state index contributed by atoms with van der Waals surface area (Å²) in [6.07, 6.45) is 3.37. The molecule has 0 aliphatic heterocycles. The Kier molecular flexibility index (Phi) is 3.50. The van der Waals surface area contributed by atoms with Gasteiger partial charge in [0.2, 0.25) is 0 Å². The lowest BCUT2D eigenvalue weighted by Crippen LogP contribution is -2.33. The monoisotopic (exact) mass is 278 g/mol. The molecule has 0 bridgehead atoms. The number of hydrogen-bond acceptors (Lipinski definition) is 2. The number of hydrogen-bond donors (Lipinski definition) is 0. The Morgan fingerprint density at radius 2 is 2.21 bits per heavy atom. The van der Waals surface area contributed by atoms with Crippen molar-refractivity contribution in [2.45, 2.75) is 38.3 Å². The number of aromatic nitrogens is 2. The Balaban J connectivity index is 2.06. The third kappa shape index (κ3) is 2.15. The van der Waals surface area contributed by atoms with Gasteiger partial charge in [0.25, 0.3) is 0 Å². The summed E-state index contributed by atoms with van der Waals surface area (Å²) in [5, 5.41) is 0. The van der Waals surface area contributed by atoms with E-state index < -0.39 is 0 Å². The van der Waals surface area contributed by atoms with Gasteiger partial charge in [0.15, 0.2) is 0 Å². The number of para-hydroxylation sites is 1. The first-order valence-electron chi connectivity index (χ1n) is 6.79. The number of halogens is 1. The number of methoxy groups -OCH3 is 1. The number of nitrogens with zero attached hydrogens (tertiary/aromatic N) is 2. The lowest BCUT2D eigenvalue weighted by Gasteiger charge is -2.36. The molecule has 1 aliphatic rings. The molecule has 1 aromatic heterocycles. The van der Waals surface area contributed by atoms with Crippen molar-refractivity contribution < 1.29 is 4.74 Å². The fraction of sp³-hybridized carbons (Fsp3) is 0.533. The molecule has 19 heavy (non-hydrogen) atoms. The summed E-state index contributed by atoms with van der Waals surface area (Å²) in [5.74, 6) is 1.72. The third-order valence-corrected chi connectivity index (χ3v) is 4.26. The molecule has 1 aliphatic carbocycles. The fourth-order valence-electron chi connectivity index (χ4n) is 2.96. The average Bonchev–Trinajstić information content (AvgIpc) is 2.69. The molecule has 1 fully saturated rings. The van der Waals surface area contributed by atoms with Gasteiger partial charge in [0.1, 0.15) is 5.82 Å². The van der Waals surface area contributed by atoms with E-state index in [2.05, 4.69) is 29.7 Å². The van der Waals surface area contributed by atoms with Crippen molar-refractivity contribution >= 4 is 22.6 Å². The number of benzene rings is 1. The largest absolute Gasteiger partial charge is 0.381 e. The summed E-state index contributed by atoms with van der Waals surface area (Å²) in [6.45, 7) is 2.15. The van der Waals surface area contributed by atoms with Gasteiger partial charge in [0.05, 0.1) is 17.1 Å². The summed E-state index contributed by atoms with van der Waals surface area (Å²) in [5.41, 5.74) is 3.63. The zero-order chi connectivity index (χ0) is 13.4. The summed E-state index contributed by atoms with van der Waals surface area (Å²) < 4.78 is 7.79. The quantitative estimate of drug-likeness (QED) is 0.801. The van der Waals surface area contributed by atoms with Gasteiger partial charge in [-0.1, -0.05) is 12.1 Å². The molecule has 102 valence electrons. The minimum Gasteiger partial charge on any atom is -0.381 e. The van der Waals surface area contributed by atoms with E-state index in [-0.39, 0.29) is 0 Å². The molecular formula is C15H19ClN2O. The van der Waals surface area contributed by atoms with E-state index >= 15 is 0 Å². The maximum atomic E-state index is 5.92. The van der Waals surface area contributed by atoms with Gasteiger partial charge >= 0.3 is 0 Å². The number of alkyl halides is 1. The number of ether oxygens (including phenoxy) is 1. The van der Waals surface area contributed by atoms with Crippen LogP contribution in [0.5, 0.6) is 0 Å². The summed E-state index contributed by atoms with van der Waals surface area (Å²) in [6, 6.07) is 6.81. The van der Waals surface area contributed by atoms with E-state index in [1.54, 1.807) is 7.11 Å². The highest BCUT2D eigenvalue weighted by Gasteiger charge is 2.33. The van der Waals surface area contributed by atoms with Gasteiger partial charge in [-0.25, -0.2) is 4.98 Å². The molecule has 0 amide bonds. The van der Waals surface area contributed by atoms with E-state index in [4.69, 9.17) is 21.3 Å². The Morgan fingerprint density at radius 1 is 1.42 bits per heavy atom. The van der Waals surface area contributed by atoms with Gasteiger partial charge < -0.3 is 9.30 Å². The van der Waals surface area contributed by atoms with Crippen molar-refractivity contribution in [2.24, 2.45) is 0 Å². The van der Waals surface area contributed by atoms with Gasteiger partial charge in [-0.2, -0.15) is 0 Å².